The van der Waals surface area contributed by atoms with Crippen LogP contribution in [-0.4, -0.2) is 10.1 Å². The first-order chi connectivity index (χ1) is 5.81. The van der Waals surface area contributed by atoms with Gasteiger partial charge in [-0.15, -0.1) is 11.3 Å². The van der Waals surface area contributed by atoms with E-state index < -0.39 is 0 Å². The molecule has 3 heteroatoms. The number of hydrogen-bond acceptors (Lipinski definition) is 3. The first-order valence-corrected chi connectivity index (χ1v) is 4.59. The number of benzene rings is 1. The van der Waals surface area contributed by atoms with Gasteiger partial charge in [-0.2, -0.15) is 0 Å². The number of thiazole rings is 1. The Morgan fingerprint density at radius 3 is 3.00 bits per heavy atom. The van der Waals surface area contributed by atoms with Crippen molar-refractivity contribution in [2.75, 3.05) is 0 Å². The maximum Gasteiger partial charge on any atom is 0.119 e. The molecule has 0 aliphatic rings. The highest BCUT2D eigenvalue weighted by molar-refractivity contribution is 7.18. The molecular weight excluding hydrogens is 170 g/mol. The number of para-hydroxylation sites is 1. The molecule has 0 amide bonds. The molecule has 0 unspecified atom stereocenters. The van der Waals surface area contributed by atoms with Crippen LogP contribution in [0.3, 0.4) is 0 Å². The number of aliphatic hydroxyl groups excluding tert-OH is 1. The zero-order valence-corrected chi connectivity index (χ0v) is 7.56. The SMILES string of the molecule is Cc1cccc2sc(CO)nc12. The van der Waals surface area contributed by atoms with Gasteiger partial charge >= 0.3 is 0 Å². The van der Waals surface area contributed by atoms with Crippen LogP contribution in [0.2, 0.25) is 0 Å². The topological polar surface area (TPSA) is 33.1 Å². The number of fused-ring (bicyclic) bond motifs is 1. The Morgan fingerprint density at radius 1 is 1.50 bits per heavy atom. The summed E-state index contributed by atoms with van der Waals surface area (Å²) in [5, 5.41) is 9.67. The highest BCUT2D eigenvalue weighted by atomic mass is 32.1. The maximum absolute atomic E-state index is 8.88. The van der Waals surface area contributed by atoms with E-state index in [1.54, 1.807) is 11.3 Å². The van der Waals surface area contributed by atoms with Crippen molar-refractivity contribution in [2.24, 2.45) is 0 Å². The minimum Gasteiger partial charge on any atom is -0.389 e. The van der Waals surface area contributed by atoms with Gasteiger partial charge in [0, 0.05) is 0 Å². The van der Waals surface area contributed by atoms with Crippen LogP contribution in [-0.2, 0) is 6.61 Å². The summed E-state index contributed by atoms with van der Waals surface area (Å²) in [5.74, 6) is 0. The summed E-state index contributed by atoms with van der Waals surface area (Å²) >= 11 is 1.55. The molecule has 1 heterocycles. The predicted molar refractivity (Wildman–Crippen MR) is 50.3 cm³/mol. The van der Waals surface area contributed by atoms with Crippen molar-refractivity contribution in [3.05, 3.63) is 28.8 Å². The van der Waals surface area contributed by atoms with Gasteiger partial charge in [-0.3, -0.25) is 0 Å². The molecule has 1 aromatic heterocycles. The lowest BCUT2D eigenvalue weighted by molar-refractivity contribution is 0.281. The average Bonchev–Trinajstić information content (AvgIpc) is 2.49. The highest BCUT2D eigenvalue weighted by Gasteiger charge is 2.03. The Bertz CT molecular complexity index is 408. The summed E-state index contributed by atoms with van der Waals surface area (Å²) in [4.78, 5) is 4.30. The molecule has 0 bridgehead atoms. The maximum atomic E-state index is 8.88. The van der Waals surface area contributed by atoms with Crippen molar-refractivity contribution < 1.29 is 5.11 Å². The Morgan fingerprint density at radius 2 is 2.33 bits per heavy atom. The van der Waals surface area contributed by atoms with Crippen LogP contribution >= 0.6 is 11.3 Å². The van der Waals surface area contributed by atoms with Gasteiger partial charge in [0.25, 0.3) is 0 Å². The van der Waals surface area contributed by atoms with E-state index in [0.29, 0.717) is 0 Å². The Hall–Kier alpha value is -0.930. The number of aromatic nitrogens is 1. The molecule has 2 aromatic rings. The second-order valence-corrected chi connectivity index (χ2v) is 3.80. The molecule has 62 valence electrons. The fraction of sp³-hybridized carbons (Fsp3) is 0.222. The standard InChI is InChI=1S/C9H9NOS/c1-6-3-2-4-7-9(6)10-8(5-11)12-7/h2-4,11H,5H2,1H3. The van der Waals surface area contributed by atoms with Crippen molar-refractivity contribution in [1.82, 2.24) is 4.98 Å². The summed E-state index contributed by atoms with van der Waals surface area (Å²) in [5.41, 5.74) is 2.19. The van der Waals surface area contributed by atoms with Crippen molar-refractivity contribution in [2.45, 2.75) is 13.5 Å². The molecule has 12 heavy (non-hydrogen) atoms. The number of aliphatic hydroxyl groups is 1. The lowest BCUT2D eigenvalue weighted by Gasteiger charge is -1.90. The molecule has 0 fully saturated rings. The van der Waals surface area contributed by atoms with Crippen LogP contribution in [0.1, 0.15) is 10.6 Å². The van der Waals surface area contributed by atoms with Crippen molar-refractivity contribution in [3.8, 4) is 0 Å². The summed E-state index contributed by atoms with van der Waals surface area (Å²) < 4.78 is 1.15. The molecule has 0 spiro atoms. The minimum absolute atomic E-state index is 0.0405. The lowest BCUT2D eigenvalue weighted by atomic mass is 10.2. The van der Waals surface area contributed by atoms with E-state index in [0.717, 1.165) is 15.2 Å². The van der Waals surface area contributed by atoms with E-state index in [1.165, 1.54) is 5.56 Å². The van der Waals surface area contributed by atoms with Crippen molar-refractivity contribution in [1.29, 1.82) is 0 Å². The largest absolute Gasteiger partial charge is 0.389 e. The van der Waals surface area contributed by atoms with E-state index >= 15 is 0 Å². The van der Waals surface area contributed by atoms with Crippen LogP contribution in [0.4, 0.5) is 0 Å². The number of nitrogens with zero attached hydrogens (tertiary/aromatic N) is 1. The summed E-state index contributed by atoms with van der Waals surface area (Å²) in [6, 6.07) is 6.07. The second-order valence-electron chi connectivity index (χ2n) is 2.69. The van der Waals surface area contributed by atoms with Gasteiger partial charge in [0.1, 0.15) is 5.01 Å². The van der Waals surface area contributed by atoms with Crippen LogP contribution in [0.15, 0.2) is 18.2 Å². The van der Waals surface area contributed by atoms with E-state index in [9.17, 15) is 0 Å². The zero-order chi connectivity index (χ0) is 8.55. The van der Waals surface area contributed by atoms with Crippen LogP contribution < -0.4 is 0 Å². The van der Waals surface area contributed by atoms with Gasteiger partial charge in [0.2, 0.25) is 0 Å². The molecule has 0 atom stereocenters. The normalized spacial score (nSPS) is 10.8. The summed E-state index contributed by atoms with van der Waals surface area (Å²) in [7, 11) is 0. The highest BCUT2D eigenvalue weighted by Crippen LogP contribution is 2.24. The van der Waals surface area contributed by atoms with Gasteiger partial charge in [-0.1, -0.05) is 12.1 Å². The summed E-state index contributed by atoms with van der Waals surface area (Å²) in [6.07, 6.45) is 0. The minimum atomic E-state index is 0.0405. The monoisotopic (exact) mass is 179 g/mol. The smallest absolute Gasteiger partial charge is 0.119 e. The van der Waals surface area contributed by atoms with E-state index in [2.05, 4.69) is 4.98 Å². The fourth-order valence-electron chi connectivity index (χ4n) is 1.20. The molecule has 0 saturated carbocycles. The molecule has 0 aliphatic carbocycles. The van der Waals surface area contributed by atoms with Gasteiger partial charge in [-0.25, -0.2) is 4.98 Å². The van der Waals surface area contributed by atoms with Crippen molar-refractivity contribution >= 4 is 21.6 Å². The third-order valence-corrected chi connectivity index (χ3v) is 2.81. The molecule has 0 saturated heterocycles. The predicted octanol–water partition coefficient (Wildman–Crippen LogP) is 2.10. The molecule has 2 rings (SSSR count). The Balaban J connectivity index is 2.74. The van der Waals surface area contributed by atoms with E-state index in [4.69, 9.17) is 5.11 Å². The Kier molecular flexibility index (Phi) is 1.83. The van der Waals surface area contributed by atoms with Crippen LogP contribution in [0, 0.1) is 6.92 Å². The van der Waals surface area contributed by atoms with Crippen molar-refractivity contribution in [3.63, 3.8) is 0 Å². The third-order valence-electron chi connectivity index (χ3n) is 1.80. The van der Waals surface area contributed by atoms with E-state index in [1.807, 2.05) is 25.1 Å². The number of rotatable bonds is 1. The first-order valence-electron chi connectivity index (χ1n) is 3.77. The quantitative estimate of drug-likeness (QED) is 0.727. The molecule has 1 aromatic carbocycles. The van der Waals surface area contributed by atoms with Gasteiger partial charge in [0.15, 0.2) is 0 Å². The van der Waals surface area contributed by atoms with Gasteiger partial charge in [-0.05, 0) is 18.6 Å². The number of aryl methyl sites for hydroxylation is 1. The third kappa shape index (κ3) is 1.11. The average molecular weight is 179 g/mol. The van der Waals surface area contributed by atoms with Crippen LogP contribution in [0.5, 0.6) is 0 Å². The molecule has 1 N–H and O–H groups in total. The summed E-state index contributed by atoms with van der Waals surface area (Å²) in [6.45, 7) is 2.07. The molecular formula is C9H9NOS. The first kappa shape index (κ1) is 7.71. The Labute approximate surface area is 74.5 Å². The fourth-order valence-corrected chi connectivity index (χ4v) is 2.10. The lowest BCUT2D eigenvalue weighted by Crippen LogP contribution is -1.79. The molecule has 0 aliphatic heterocycles. The van der Waals surface area contributed by atoms with Gasteiger partial charge < -0.3 is 5.11 Å². The van der Waals surface area contributed by atoms with Crippen LogP contribution in [0.25, 0.3) is 10.2 Å². The second kappa shape index (κ2) is 2.84. The molecule has 0 radical (unpaired) electrons. The molecule has 2 nitrogen and oxygen atoms in total. The van der Waals surface area contributed by atoms with E-state index in [-0.39, 0.29) is 6.61 Å². The van der Waals surface area contributed by atoms with Gasteiger partial charge in [0.05, 0.1) is 16.8 Å². The number of hydrogen-bond donors (Lipinski definition) is 1. The zero-order valence-electron chi connectivity index (χ0n) is 6.74.